The second-order valence-corrected chi connectivity index (χ2v) is 4.72. The lowest BCUT2D eigenvalue weighted by atomic mass is 9.93. The Balaban J connectivity index is 2.81. The number of nitrogens with one attached hydrogen (secondary N) is 1. The van der Waals surface area contributed by atoms with Gasteiger partial charge in [-0.25, -0.2) is 0 Å². The van der Waals surface area contributed by atoms with Crippen LogP contribution < -0.4 is 14.8 Å². The Kier molecular flexibility index (Phi) is 6.12. The van der Waals surface area contributed by atoms with Gasteiger partial charge in [0, 0.05) is 18.2 Å². The molecule has 19 heavy (non-hydrogen) atoms. The van der Waals surface area contributed by atoms with Gasteiger partial charge in [-0.3, -0.25) is 0 Å². The molecule has 108 valence electrons. The third kappa shape index (κ3) is 4.11. The Morgan fingerprint density at radius 3 is 1.95 bits per heavy atom. The molecule has 0 atom stereocenters. The van der Waals surface area contributed by atoms with Crippen molar-refractivity contribution in [1.29, 1.82) is 0 Å². The van der Waals surface area contributed by atoms with E-state index in [1.54, 1.807) is 14.2 Å². The summed E-state index contributed by atoms with van der Waals surface area (Å²) in [6, 6.07) is 5.80. The highest BCUT2D eigenvalue weighted by atomic mass is 16.5. The Hall–Kier alpha value is -1.26. The maximum absolute atomic E-state index is 9.54. The van der Waals surface area contributed by atoms with Crippen LogP contribution in [-0.2, 0) is 6.54 Å². The number of benzene rings is 1. The molecule has 0 aliphatic carbocycles. The predicted octanol–water partition coefficient (Wildman–Crippen LogP) is 2.34. The molecule has 1 aromatic rings. The topological polar surface area (TPSA) is 50.7 Å². The molecule has 1 aromatic carbocycles. The van der Waals surface area contributed by atoms with Gasteiger partial charge in [-0.15, -0.1) is 0 Å². The van der Waals surface area contributed by atoms with Crippen molar-refractivity contribution in [3.8, 4) is 11.5 Å². The first-order chi connectivity index (χ1) is 9.12. The number of aliphatic hydroxyl groups excluding tert-OH is 1. The molecule has 0 aliphatic rings. The van der Waals surface area contributed by atoms with Crippen molar-refractivity contribution in [2.45, 2.75) is 38.8 Å². The van der Waals surface area contributed by atoms with Crippen molar-refractivity contribution in [1.82, 2.24) is 5.32 Å². The van der Waals surface area contributed by atoms with Crippen molar-refractivity contribution in [3.63, 3.8) is 0 Å². The fraction of sp³-hybridized carbons (Fsp3) is 0.600. The van der Waals surface area contributed by atoms with Gasteiger partial charge >= 0.3 is 0 Å². The molecule has 0 aliphatic heterocycles. The van der Waals surface area contributed by atoms with E-state index >= 15 is 0 Å². The van der Waals surface area contributed by atoms with Crippen molar-refractivity contribution in [2.24, 2.45) is 0 Å². The van der Waals surface area contributed by atoms with Crippen molar-refractivity contribution >= 4 is 0 Å². The van der Waals surface area contributed by atoms with Crippen LogP contribution in [0, 0.1) is 0 Å². The van der Waals surface area contributed by atoms with Gasteiger partial charge in [0.25, 0.3) is 0 Å². The van der Waals surface area contributed by atoms with E-state index in [-0.39, 0.29) is 12.1 Å². The minimum Gasteiger partial charge on any atom is -0.497 e. The van der Waals surface area contributed by atoms with Crippen molar-refractivity contribution in [2.75, 3.05) is 20.8 Å². The lowest BCUT2D eigenvalue weighted by Crippen LogP contribution is -2.47. The van der Waals surface area contributed by atoms with Gasteiger partial charge in [0.05, 0.1) is 20.8 Å². The van der Waals surface area contributed by atoms with Gasteiger partial charge in [0.2, 0.25) is 0 Å². The minimum atomic E-state index is -0.212. The SMILES string of the molecule is CCC(CC)(CO)NCc1cc(OC)cc(OC)c1. The van der Waals surface area contributed by atoms with Gasteiger partial charge in [-0.1, -0.05) is 13.8 Å². The molecule has 4 heteroatoms. The van der Waals surface area contributed by atoms with E-state index in [0.717, 1.165) is 29.9 Å². The molecule has 1 rings (SSSR count). The molecular weight excluding hydrogens is 242 g/mol. The summed E-state index contributed by atoms with van der Waals surface area (Å²) in [6.45, 7) is 4.98. The lowest BCUT2D eigenvalue weighted by Gasteiger charge is -2.31. The van der Waals surface area contributed by atoms with Gasteiger partial charge < -0.3 is 19.9 Å². The summed E-state index contributed by atoms with van der Waals surface area (Å²) < 4.78 is 10.5. The zero-order valence-corrected chi connectivity index (χ0v) is 12.3. The summed E-state index contributed by atoms with van der Waals surface area (Å²) in [5.41, 5.74) is 0.868. The average Bonchev–Trinajstić information content (AvgIpc) is 2.48. The summed E-state index contributed by atoms with van der Waals surface area (Å²) >= 11 is 0. The molecule has 0 saturated heterocycles. The highest BCUT2D eigenvalue weighted by molar-refractivity contribution is 5.38. The zero-order chi connectivity index (χ0) is 14.3. The highest BCUT2D eigenvalue weighted by Gasteiger charge is 2.24. The molecule has 0 fully saturated rings. The standard InChI is InChI=1S/C15H25NO3/c1-5-15(6-2,11-17)16-10-12-7-13(18-3)9-14(8-12)19-4/h7-9,16-17H,5-6,10-11H2,1-4H3. The maximum atomic E-state index is 9.54. The average molecular weight is 267 g/mol. The predicted molar refractivity (Wildman–Crippen MR) is 76.8 cm³/mol. The Labute approximate surface area is 115 Å². The molecule has 2 N–H and O–H groups in total. The summed E-state index contributed by atoms with van der Waals surface area (Å²) in [4.78, 5) is 0. The smallest absolute Gasteiger partial charge is 0.122 e. The molecule has 0 amide bonds. The number of aliphatic hydroxyl groups is 1. The van der Waals surface area contributed by atoms with Crippen molar-refractivity contribution in [3.05, 3.63) is 23.8 Å². The van der Waals surface area contributed by atoms with Crippen LogP contribution >= 0.6 is 0 Å². The molecule has 4 nitrogen and oxygen atoms in total. The highest BCUT2D eigenvalue weighted by Crippen LogP contribution is 2.23. The van der Waals surface area contributed by atoms with Gasteiger partial charge in [0.1, 0.15) is 11.5 Å². The number of rotatable bonds is 8. The lowest BCUT2D eigenvalue weighted by molar-refractivity contribution is 0.149. The first-order valence-corrected chi connectivity index (χ1v) is 6.71. The van der Waals surface area contributed by atoms with E-state index in [1.165, 1.54) is 0 Å². The number of ether oxygens (including phenoxy) is 2. The van der Waals surface area contributed by atoms with Crippen LogP contribution in [0.4, 0.5) is 0 Å². The minimum absolute atomic E-state index is 0.140. The third-order valence-corrected chi connectivity index (χ3v) is 3.73. The van der Waals surface area contributed by atoms with Crippen LogP contribution in [0.1, 0.15) is 32.3 Å². The largest absolute Gasteiger partial charge is 0.497 e. The molecule has 0 unspecified atom stereocenters. The van der Waals surface area contributed by atoms with E-state index < -0.39 is 0 Å². The molecule has 0 saturated carbocycles. The van der Waals surface area contributed by atoms with Crippen LogP contribution in [0.3, 0.4) is 0 Å². The summed E-state index contributed by atoms with van der Waals surface area (Å²) in [6.07, 6.45) is 1.78. The Morgan fingerprint density at radius 1 is 1.05 bits per heavy atom. The molecular formula is C15H25NO3. The van der Waals surface area contributed by atoms with E-state index in [4.69, 9.17) is 9.47 Å². The normalized spacial score (nSPS) is 11.4. The van der Waals surface area contributed by atoms with Crippen LogP contribution in [0.15, 0.2) is 18.2 Å². The fourth-order valence-corrected chi connectivity index (χ4v) is 2.04. The van der Waals surface area contributed by atoms with E-state index in [1.807, 2.05) is 18.2 Å². The van der Waals surface area contributed by atoms with E-state index in [9.17, 15) is 5.11 Å². The quantitative estimate of drug-likeness (QED) is 0.759. The molecule has 0 heterocycles. The Bertz CT molecular complexity index is 358. The summed E-state index contributed by atoms with van der Waals surface area (Å²) in [5, 5.41) is 13.0. The third-order valence-electron chi connectivity index (χ3n) is 3.73. The Morgan fingerprint density at radius 2 is 1.58 bits per heavy atom. The van der Waals surface area contributed by atoms with Gasteiger partial charge in [-0.2, -0.15) is 0 Å². The molecule has 0 bridgehead atoms. The van der Waals surface area contributed by atoms with Crippen LogP contribution in [0.25, 0.3) is 0 Å². The van der Waals surface area contributed by atoms with E-state index in [2.05, 4.69) is 19.2 Å². The van der Waals surface area contributed by atoms with Crippen molar-refractivity contribution < 1.29 is 14.6 Å². The second-order valence-electron chi connectivity index (χ2n) is 4.72. The van der Waals surface area contributed by atoms with E-state index in [0.29, 0.717) is 6.54 Å². The second kappa shape index (κ2) is 7.36. The first kappa shape index (κ1) is 15.8. The number of methoxy groups -OCH3 is 2. The first-order valence-electron chi connectivity index (χ1n) is 6.71. The summed E-state index contributed by atoms with van der Waals surface area (Å²) in [5.74, 6) is 1.55. The van der Waals surface area contributed by atoms with Gasteiger partial charge in [0.15, 0.2) is 0 Å². The molecule has 0 radical (unpaired) electrons. The number of hydrogen-bond acceptors (Lipinski definition) is 4. The van der Waals surface area contributed by atoms with Crippen LogP contribution in [0.5, 0.6) is 11.5 Å². The zero-order valence-electron chi connectivity index (χ0n) is 12.3. The fourth-order valence-electron chi connectivity index (χ4n) is 2.04. The molecule has 0 spiro atoms. The van der Waals surface area contributed by atoms with Crippen LogP contribution in [0.2, 0.25) is 0 Å². The summed E-state index contributed by atoms with van der Waals surface area (Å²) in [7, 11) is 3.28. The molecule has 0 aromatic heterocycles. The maximum Gasteiger partial charge on any atom is 0.122 e. The van der Waals surface area contributed by atoms with Gasteiger partial charge in [-0.05, 0) is 30.5 Å². The monoisotopic (exact) mass is 267 g/mol. The number of hydrogen-bond donors (Lipinski definition) is 2. The van der Waals surface area contributed by atoms with Crippen LogP contribution in [-0.4, -0.2) is 31.5 Å².